The SMILES string of the molecule is Cc1ccc(S(=O)(=O)NCC(=O)NCC(=O)Nc2cccc(Cl)c2)cc1. The first-order chi connectivity index (χ1) is 12.3. The molecular formula is C17H18ClN3O4S. The number of amides is 2. The van der Waals surface area contributed by atoms with E-state index in [1.54, 1.807) is 36.4 Å². The Morgan fingerprint density at radius 2 is 1.69 bits per heavy atom. The first kappa shape index (κ1) is 19.9. The second-order valence-corrected chi connectivity index (χ2v) is 7.68. The molecule has 0 aliphatic heterocycles. The Morgan fingerprint density at radius 1 is 1.00 bits per heavy atom. The van der Waals surface area contributed by atoms with Crippen molar-refractivity contribution in [2.45, 2.75) is 11.8 Å². The molecular weight excluding hydrogens is 378 g/mol. The molecule has 0 unspecified atom stereocenters. The minimum Gasteiger partial charge on any atom is -0.346 e. The molecule has 0 saturated carbocycles. The minimum absolute atomic E-state index is 0.0644. The summed E-state index contributed by atoms with van der Waals surface area (Å²) in [5.41, 5.74) is 1.42. The lowest BCUT2D eigenvalue weighted by Crippen LogP contribution is -2.40. The average Bonchev–Trinajstić information content (AvgIpc) is 2.59. The van der Waals surface area contributed by atoms with Gasteiger partial charge >= 0.3 is 0 Å². The monoisotopic (exact) mass is 395 g/mol. The number of benzene rings is 2. The van der Waals surface area contributed by atoms with Crippen LogP contribution in [-0.4, -0.2) is 33.3 Å². The van der Waals surface area contributed by atoms with E-state index in [0.29, 0.717) is 10.7 Å². The Hall–Kier alpha value is -2.42. The number of sulfonamides is 1. The van der Waals surface area contributed by atoms with Crippen molar-refractivity contribution in [1.82, 2.24) is 10.0 Å². The molecule has 0 aromatic heterocycles. The standard InChI is InChI=1S/C17H18ClN3O4S/c1-12-5-7-15(8-6-12)26(24,25)20-11-16(22)19-10-17(23)21-14-4-2-3-13(18)9-14/h2-9,20H,10-11H2,1H3,(H,19,22)(H,21,23). The molecule has 0 atom stereocenters. The molecule has 0 aliphatic rings. The van der Waals surface area contributed by atoms with Crippen LogP contribution in [0.5, 0.6) is 0 Å². The summed E-state index contributed by atoms with van der Waals surface area (Å²) in [5.74, 6) is -1.08. The maximum Gasteiger partial charge on any atom is 0.243 e. The zero-order valence-corrected chi connectivity index (χ0v) is 15.5. The first-order valence-corrected chi connectivity index (χ1v) is 9.51. The van der Waals surface area contributed by atoms with Crippen molar-refractivity contribution in [2.24, 2.45) is 0 Å². The quantitative estimate of drug-likeness (QED) is 0.663. The van der Waals surface area contributed by atoms with Crippen LogP contribution < -0.4 is 15.4 Å². The highest BCUT2D eigenvalue weighted by atomic mass is 35.5. The largest absolute Gasteiger partial charge is 0.346 e. The van der Waals surface area contributed by atoms with Crippen LogP contribution in [0.2, 0.25) is 5.02 Å². The van der Waals surface area contributed by atoms with Crippen LogP contribution in [0, 0.1) is 6.92 Å². The molecule has 7 nitrogen and oxygen atoms in total. The molecule has 9 heteroatoms. The first-order valence-electron chi connectivity index (χ1n) is 7.65. The van der Waals surface area contributed by atoms with Gasteiger partial charge in [-0.1, -0.05) is 35.4 Å². The maximum absolute atomic E-state index is 12.1. The van der Waals surface area contributed by atoms with Crippen LogP contribution >= 0.6 is 11.6 Å². The lowest BCUT2D eigenvalue weighted by Gasteiger charge is -2.09. The number of carbonyl (C=O) groups is 2. The number of carbonyl (C=O) groups excluding carboxylic acids is 2. The second kappa shape index (κ2) is 8.79. The van der Waals surface area contributed by atoms with Gasteiger partial charge in [0.15, 0.2) is 0 Å². The minimum atomic E-state index is -3.79. The summed E-state index contributed by atoms with van der Waals surface area (Å²) < 4.78 is 26.3. The summed E-state index contributed by atoms with van der Waals surface area (Å²) in [5, 5.41) is 5.37. The summed E-state index contributed by atoms with van der Waals surface area (Å²) in [6.07, 6.45) is 0. The van der Waals surface area contributed by atoms with E-state index in [0.717, 1.165) is 5.56 Å². The molecule has 2 aromatic rings. The van der Waals surface area contributed by atoms with E-state index in [2.05, 4.69) is 15.4 Å². The number of rotatable bonds is 7. The normalized spacial score (nSPS) is 11.0. The highest BCUT2D eigenvalue weighted by Gasteiger charge is 2.15. The number of hydrogen-bond acceptors (Lipinski definition) is 4. The fraction of sp³-hybridized carbons (Fsp3) is 0.176. The average molecular weight is 396 g/mol. The van der Waals surface area contributed by atoms with Crippen LogP contribution in [0.15, 0.2) is 53.4 Å². The number of halogens is 1. The molecule has 0 bridgehead atoms. The van der Waals surface area contributed by atoms with Gasteiger partial charge in [0.25, 0.3) is 0 Å². The Kier molecular flexibility index (Phi) is 6.73. The molecule has 0 radical (unpaired) electrons. The highest BCUT2D eigenvalue weighted by molar-refractivity contribution is 7.89. The van der Waals surface area contributed by atoms with Crippen LogP contribution in [0.4, 0.5) is 5.69 Å². The van der Waals surface area contributed by atoms with Crippen LogP contribution in [0.3, 0.4) is 0 Å². The van der Waals surface area contributed by atoms with E-state index in [4.69, 9.17) is 11.6 Å². The van der Waals surface area contributed by atoms with Crippen molar-refractivity contribution in [1.29, 1.82) is 0 Å². The number of nitrogens with one attached hydrogen (secondary N) is 3. The molecule has 26 heavy (non-hydrogen) atoms. The van der Waals surface area contributed by atoms with Gasteiger partial charge < -0.3 is 10.6 Å². The van der Waals surface area contributed by atoms with E-state index in [1.165, 1.54) is 12.1 Å². The zero-order valence-electron chi connectivity index (χ0n) is 14.0. The molecule has 0 saturated heterocycles. The van der Waals surface area contributed by atoms with E-state index >= 15 is 0 Å². The van der Waals surface area contributed by atoms with Crippen molar-refractivity contribution < 1.29 is 18.0 Å². The third-order valence-corrected chi connectivity index (χ3v) is 4.96. The van der Waals surface area contributed by atoms with Crippen molar-refractivity contribution in [3.8, 4) is 0 Å². The second-order valence-electron chi connectivity index (χ2n) is 5.47. The molecule has 0 spiro atoms. The van der Waals surface area contributed by atoms with Crippen LogP contribution in [-0.2, 0) is 19.6 Å². The lowest BCUT2D eigenvalue weighted by atomic mass is 10.2. The molecule has 0 aliphatic carbocycles. The highest BCUT2D eigenvalue weighted by Crippen LogP contribution is 2.14. The molecule has 2 aromatic carbocycles. The van der Waals surface area contributed by atoms with Gasteiger partial charge in [0.2, 0.25) is 21.8 Å². The number of anilines is 1. The predicted octanol–water partition coefficient (Wildman–Crippen LogP) is 1.68. The smallest absolute Gasteiger partial charge is 0.243 e. The Morgan fingerprint density at radius 3 is 2.35 bits per heavy atom. The third-order valence-electron chi connectivity index (χ3n) is 3.31. The van der Waals surface area contributed by atoms with Crippen LogP contribution in [0.25, 0.3) is 0 Å². The summed E-state index contributed by atoms with van der Waals surface area (Å²) in [4.78, 5) is 23.6. The summed E-state index contributed by atoms with van der Waals surface area (Å²) in [6, 6.07) is 12.8. The molecule has 2 rings (SSSR count). The van der Waals surface area contributed by atoms with Gasteiger partial charge in [-0.25, -0.2) is 13.1 Å². The summed E-state index contributed by atoms with van der Waals surface area (Å²) in [6.45, 7) is 1.07. The summed E-state index contributed by atoms with van der Waals surface area (Å²) >= 11 is 5.81. The lowest BCUT2D eigenvalue weighted by molar-refractivity contribution is -0.123. The number of hydrogen-bond donors (Lipinski definition) is 3. The Balaban J connectivity index is 1.79. The van der Waals surface area contributed by atoms with Gasteiger partial charge in [0.1, 0.15) is 0 Å². The molecule has 3 N–H and O–H groups in total. The number of aryl methyl sites for hydroxylation is 1. The topological polar surface area (TPSA) is 104 Å². The molecule has 2 amide bonds. The van der Waals surface area contributed by atoms with E-state index < -0.39 is 28.4 Å². The van der Waals surface area contributed by atoms with Crippen molar-refractivity contribution in [3.63, 3.8) is 0 Å². The molecule has 0 fully saturated rings. The van der Waals surface area contributed by atoms with Crippen LogP contribution in [0.1, 0.15) is 5.56 Å². The Labute approximate surface area is 156 Å². The zero-order chi connectivity index (χ0) is 19.2. The summed E-state index contributed by atoms with van der Waals surface area (Å²) in [7, 11) is -3.79. The molecule has 138 valence electrons. The fourth-order valence-electron chi connectivity index (χ4n) is 1.97. The van der Waals surface area contributed by atoms with Crippen molar-refractivity contribution in [2.75, 3.05) is 18.4 Å². The van der Waals surface area contributed by atoms with E-state index in [-0.39, 0.29) is 11.4 Å². The Bertz CT molecular complexity index is 898. The fourth-order valence-corrected chi connectivity index (χ4v) is 3.15. The molecule has 0 heterocycles. The van der Waals surface area contributed by atoms with E-state index in [1.807, 2.05) is 6.92 Å². The van der Waals surface area contributed by atoms with Gasteiger partial charge in [-0.15, -0.1) is 0 Å². The predicted molar refractivity (Wildman–Crippen MR) is 99.5 cm³/mol. The third kappa shape index (κ3) is 6.14. The van der Waals surface area contributed by atoms with E-state index in [9.17, 15) is 18.0 Å². The van der Waals surface area contributed by atoms with Crippen molar-refractivity contribution in [3.05, 3.63) is 59.1 Å². The van der Waals surface area contributed by atoms with Crippen molar-refractivity contribution >= 4 is 39.1 Å². The van der Waals surface area contributed by atoms with Gasteiger partial charge in [-0.2, -0.15) is 0 Å². The van der Waals surface area contributed by atoms with Gasteiger partial charge in [-0.05, 0) is 37.3 Å². The maximum atomic E-state index is 12.1. The van der Waals surface area contributed by atoms with Gasteiger partial charge in [-0.3, -0.25) is 9.59 Å². The van der Waals surface area contributed by atoms with Gasteiger partial charge in [0, 0.05) is 10.7 Å². The van der Waals surface area contributed by atoms with Gasteiger partial charge in [0.05, 0.1) is 18.0 Å².